The zero-order chi connectivity index (χ0) is 15.0. The second kappa shape index (κ2) is 4.98. The molecular weight excluding hydrogens is 288 g/mol. The van der Waals surface area contributed by atoms with E-state index in [0.29, 0.717) is 11.3 Å². The number of rotatable bonds is 3. The van der Waals surface area contributed by atoms with Crippen LogP contribution in [-0.4, -0.2) is 11.9 Å². The van der Waals surface area contributed by atoms with E-state index >= 15 is 0 Å². The zero-order valence-corrected chi connectivity index (χ0v) is 12.2. The number of benzene rings is 1. The van der Waals surface area contributed by atoms with E-state index in [1.165, 1.54) is 11.3 Å². The highest BCUT2D eigenvalue weighted by molar-refractivity contribution is 7.10. The largest absolute Gasteiger partial charge is 0.457 e. The van der Waals surface area contributed by atoms with Crippen molar-refractivity contribution in [1.29, 1.82) is 0 Å². The van der Waals surface area contributed by atoms with Gasteiger partial charge in [-0.15, -0.1) is 11.3 Å². The number of hydrogen-bond acceptors (Lipinski definition) is 5. The van der Waals surface area contributed by atoms with E-state index in [2.05, 4.69) is 5.32 Å². The van der Waals surface area contributed by atoms with E-state index in [4.69, 9.17) is 10.5 Å². The summed E-state index contributed by atoms with van der Waals surface area (Å²) in [4.78, 5) is 24.7. The number of nitrogens with one attached hydrogen (secondary N) is 1. The fourth-order valence-corrected chi connectivity index (χ4v) is 2.94. The maximum atomic E-state index is 12.4. The van der Waals surface area contributed by atoms with Crippen LogP contribution in [0.1, 0.15) is 27.7 Å². The molecule has 5 nitrogen and oxygen atoms in total. The number of esters is 1. The number of carbonyl (C=O) groups excluding carboxylic acids is 2. The Kier molecular flexibility index (Phi) is 3.27. The predicted molar refractivity (Wildman–Crippen MR) is 80.0 cm³/mol. The van der Waals surface area contributed by atoms with E-state index < -0.39 is 5.54 Å². The van der Waals surface area contributed by atoms with Gasteiger partial charge in [-0.25, -0.2) is 4.79 Å². The number of thiophene rings is 1. The molecule has 2 aromatic rings. The van der Waals surface area contributed by atoms with Crippen LogP contribution < -0.4 is 11.1 Å². The molecule has 0 fully saturated rings. The van der Waals surface area contributed by atoms with E-state index in [0.717, 1.165) is 10.4 Å². The van der Waals surface area contributed by atoms with Crippen molar-refractivity contribution in [2.45, 2.75) is 19.1 Å². The number of fused-ring (bicyclic) bond motifs is 1. The number of ether oxygens (including phenoxy) is 1. The molecule has 0 radical (unpaired) electrons. The normalized spacial score (nSPS) is 16.0. The second-order valence-electron chi connectivity index (χ2n) is 5.08. The van der Waals surface area contributed by atoms with Gasteiger partial charge in [0.05, 0.1) is 5.56 Å². The quantitative estimate of drug-likeness (QED) is 0.852. The molecule has 108 valence electrons. The molecule has 21 heavy (non-hydrogen) atoms. The first-order valence-electron chi connectivity index (χ1n) is 6.43. The SMILES string of the molecule is C[C@](N)(C(=O)Nc1ccc2c(c1)C(=O)OC2)c1cccs1. The summed E-state index contributed by atoms with van der Waals surface area (Å²) in [5.74, 6) is -0.689. The zero-order valence-electron chi connectivity index (χ0n) is 11.4. The molecular formula is C15H14N2O3S. The number of cyclic esters (lactones) is 1. The Morgan fingerprint density at radius 1 is 1.43 bits per heavy atom. The lowest BCUT2D eigenvalue weighted by Crippen LogP contribution is -2.45. The lowest BCUT2D eigenvalue weighted by Gasteiger charge is -2.22. The van der Waals surface area contributed by atoms with E-state index in [9.17, 15) is 9.59 Å². The molecule has 1 aliphatic rings. The number of amides is 1. The third-order valence-corrected chi connectivity index (χ3v) is 4.56. The molecule has 1 aromatic carbocycles. The lowest BCUT2D eigenvalue weighted by atomic mass is 10.00. The Morgan fingerprint density at radius 3 is 2.95 bits per heavy atom. The summed E-state index contributed by atoms with van der Waals surface area (Å²) in [6, 6.07) is 8.80. The molecule has 1 aliphatic heterocycles. The molecule has 0 spiro atoms. The molecule has 0 saturated carbocycles. The highest BCUT2D eigenvalue weighted by Crippen LogP contribution is 2.27. The van der Waals surface area contributed by atoms with Gasteiger partial charge in [-0.3, -0.25) is 4.79 Å². The van der Waals surface area contributed by atoms with E-state index in [-0.39, 0.29) is 18.5 Å². The monoisotopic (exact) mass is 302 g/mol. The summed E-state index contributed by atoms with van der Waals surface area (Å²) in [6.45, 7) is 1.95. The molecule has 6 heteroatoms. The van der Waals surface area contributed by atoms with Gasteiger partial charge in [0.15, 0.2) is 0 Å². The van der Waals surface area contributed by atoms with Crippen LogP contribution in [0.3, 0.4) is 0 Å². The lowest BCUT2D eigenvalue weighted by molar-refractivity contribution is -0.120. The van der Waals surface area contributed by atoms with Crippen LogP contribution in [0.25, 0.3) is 0 Å². The summed E-state index contributed by atoms with van der Waals surface area (Å²) in [5.41, 5.74) is 6.85. The molecule has 1 atom stereocenters. The van der Waals surface area contributed by atoms with Crippen LogP contribution >= 0.6 is 11.3 Å². The van der Waals surface area contributed by atoms with Crippen LogP contribution in [0.5, 0.6) is 0 Å². The van der Waals surface area contributed by atoms with Crippen molar-refractivity contribution in [1.82, 2.24) is 0 Å². The van der Waals surface area contributed by atoms with Gasteiger partial charge in [0.1, 0.15) is 12.1 Å². The number of anilines is 1. The van der Waals surface area contributed by atoms with Gasteiger partial charge in [-0.2, -0.15) is 0 Å². The molecule has 3 N–H and O–H groups in total. The van der Waals surface area contributed by atoms with Crippen LogP contribution in [0.2, 0.25) is 0 Å². The molecule has 0 bridgehead atoms. The van der Waals surface area contributed by atoms with Crippen molar-refractivity contribution >= 4 is 28.9 Å². The Labute approximate surface area is 125 Å². The molecule has 0 aliphatic carbocycles. The van der Waals surface area contributed by atoms with Gasteiger partial charge >= 0.3 is 5.97 Å². The molecule has 2 heterocycles. The van der Waals surface area contributed by atoms with E-state index in [1.807, 2.05) is 17.5 Å². The summed E-state index contributed by atoms with van der Waals surface area (Å²) in [7, 11) is 0. The van der Waals surface area contributed by atoms with Crippen molar-refractivity contribution in [3.8, 4) is 0 Å². The second-order valence-corrected chi connectivity index (χ2v) is 6.03. The summed E-state index contributed by atoms with van der Waals surface area (Å²) >= 11 is 1.43. The summed E-state index contributed by atoms with van der Waals surface area (Å²) in [6.07, 6.45) is 0. The van der Waals surface area contributed by atoms with Crippen molar-refractivity contribution in [2.75, 3.05) is 5.32 Å². The average Bonchev–Trinajstić information content (AvgIpc) is 3.10. The molecule has 0 saturated heterocycles. The first-order valence-corrected chi connectivity index (χ1v) is 7.31. The first-order chi connectivity index (χ1) is 9.98. The van der Waals surface area contributed by atoms with Crippen molar-refractivity contribution in [2.24, 2.45) is 5.73 Å². The third-order valence-electron chi connectivity index (χ3n) is 3.45. The maximum Gasteiger partial charge on any atom is 0.338 e. The van der Waals surface area contributed by atoms with Gasteiger partial charge < -0.3 is 15.8 Å². The van der Waals surface area contributed by atoms with Gasteiger partial charge in [-0.1, -0.05) is 12.1 Å². The first kappa shape index (κ1) is 13.8. The van der Waals surface area contributed by atoms with Gasteiger partial charge in [-0.05, 0) is 30.5 Å². The fraction of sp³-hybridized carbons (Fsp3) is 0.200. The number of carbonyl (C=O) groups is 2. The Hall–Kier alpha value is -2.18. The summed E-state index contributed by atoms with van der Waals surface area (Å²) in [5, 5.41) is 4.63. The highest BCUT2D eigenvalue weighted by Gasteiger charge is 2.32. The topological polar surface area (TPSA) is 81.4 Å². The van der Waals surface area contributed by atoms with Gasteiger partial charge in [0, 0.05) is 16.1 Å². The summed E-state index contributed by atoms with van der Waals surface area (Å²) < 4.78 is 4.93. The Balaban J connectivity index is 1.83. The van der Waals surface area contributed by atoms with Crippen LogP contribution in [0.15, 0.2) is 35.7 Å². The minimum atomic E-state index is -1.12. The van der Waals surface area contributed by atoms with Crippen molar-refractivity contribution in [3.63, 3.8) is 0 Å². The minimum Gasteiger partial charge on any atom is -0.457 e. The van der Waals surface area contributed by atoms with Crippen LogP contribution in [-0.2, 0) is 21.7 Å². The molecule has 0 unspecified atom stereocenters. The molecule has 1 amide bonds. The fourth-order valence-electron chi connectivity index (χ4n) is 2.14. The van der Waals surface area contributed by atoms with Gasteiger partial charge in [0.2, 0.25) is 5.91 Å². The number of hydrogen-bond donors (Lipinski definition) is 2. The standard InChI is InChI=1S/C15H14N2O3S/c1-15(16,12-3-2-6-21-12)14(19)17-10-5-4-9-8-20-13(18)11(9)7-10/h2-7H,8,16H2,1H3,(H,17,19)/t15-/m1/s1. The van der Waals surface area contributed by atoms with E-state index in [1.54, 1.807) is 25.1 Å². The average molecular weight is 302 g/mol. The molecule has 3 rings (SSSR count). The smallest absolute Gasteiger partial charge is 0.338 e. The third kappa shape index (κ3) is 2.43. The maximum absolute atomic E-state index is 12.4. The van der Waals surface area contributed by atoms with Crippen molar-refractivity contribution < 1.29 is 14.3 Å². The minimum absolute atomic E-state index is 0.284. The van der Waals surface area contributed by atoms with Crippen molar-refractivity contribution in [3.05, 3.63) is 51.7 Å². The molecule has 1 aromatic heterocycles. The Bertz CT molecular complexity index is 708. The van der Waals surface area contributed by atoms with Crippen LogP contribution in [0.4, 0.5) is 5.69 Å². The number of nitrogens with two attached hydrogens (primary N) is 1. The Morgan fingerprint density at radius 2 is 2.24 bits per heavy atom. The van der Waals surface area contributed by atoms with Crippen LogP contribution in [0, 0.1) is 0 Å². The highest BCUT2D eigenvalue weighted by atomic mass is 32.1. The predicted octanol–water partition coefficient (Wildman–Crippen LogP) is 2.23. The van der Waals surface area contributed by atoms with Gasteiger partial charge in [0.25, 0.3) is 0 Å².